The maximum atomic E-state index is 11.9. The van der Waals surface area contributed by atoms with Crippen LogP contribution in [-0.2, 0) is 9.59 Å². The molecule has 2 N–H and O–H groups in total. The fourth-order valence-corrected chi connectivity index (χ4v) is 3.98. The summed E-state index contributed by atoms with van der Waals surface area (Å²) in [5, 5.41) is 0.854. The predicted molar refractivity (Wildman–Crippen MR) is 50.7 cm³/mol. The van der Waals surface area contributed by atoms with Crippen molar-refractivity contribution in [1.82, 2.24) is 5.01 Å². The number of carbonyl (C=O) groups is 2. The molecule has 1 heterocycles. The molecular weight excluding hydrogens is 192 g/mol. The lowest BCUT2D eigenvalue weighted by Gasteiger charge is -2.37. The van der Waals surface area contributed by atoms with Crippen molar-refractivity contribution in [2.24, 2.45) is 41.4 Å². The van der Waals surface area contributed by atoms with Gasteiger partial charge in [0.15, 0.2) is 0 Å². The molecule has 4 heteroatoms. The molecule has 0 aromatic rings. The summed E-state index contributed by atoms with van der Waals surface area (Å²) in [5.41, 5.74) is 0. The van der Waals surface area contributed by atoms with E-state index >= 15 is 0 Å². The van der Waals surface area contributed by atoms with Gasteiger partial charge in [-0.2, -0.15) is 0 Å². The van der Waals surface area contributed by atoms with Crippen molar-refractivity contribution in [3.63, 3.8) is 0 Å². The van der Waals surface area contributed by atoms with E-state index in [1.807, 2.05) is 0 Å². The van der Waals surface area contributed by atoms with Gasteiger partial charge in [0, 0.05) is 0 Å². The fourth-order valence-electron chi connectivity index (χ4n) is 3.98. The molecule has 2 bridgehead atoms. The predicted octanol–water partition coefficient (Wildman–Crippen LogP) is -0.0868. The summed E-state index contributed by atoms with van der Waals surface area (Å²) in [4.78, 5) is 23.7. The van der Waals surface area contributed by atoms with Gasteiger partial charge in [-0.05, 0) is 30.1 Å². The van der Waals surface area contributed by atoms with Gasteiger partial charge in [0.1, 0.15) is 0 Å². The van der Waals surface area contributed by atoms with Crippen molar-refractivity contribution in [1.29, 1.82) is 0 Å². The van der Waals surface area contributed by atoms with Crippen LogP contribution < -0.4 is 5.84 Å². The van der Waals surface area contributed by atoms with Gasteiger partial charge in [-0.25, -0.2) is 10.9 Å². The number of hydrogen-bond acceptors (Lipinski definition) is 3. The molecule has 5 aliphatic rings. The van der Waals surface area contributed by atoms with E-state index in [4.69, 9.17) is 5.84 Å². The van der Waals surface area contributed by atoms with Crippen LogP contribution in [0.2, 0.25) is 0 Å². The normalized spacial score (nSPS) is 54.6. The Hall–Kier alpha value is -1.16. The first-order chi connectivity index (χ1) is 7.20. The first kappa shape index (κ1) is 8.05. The quantitative estimate of drug-likeness (QED) is 0.260. The molecule has 2 saturated carbocycles. The summed E-state index contributed by atoms with van der Waals surface area (Å²) in [6, 6.07) is 0. The first-order valence-corrected chi connectivity index (χ1v) is 5.51. The Morgan fingerprint density at radius 3 is 2.00 bits per heavy atom. The van der Waals surface area contributed by atoms with Crippen LogP contribution in [0.3, 0.4) is 0 Å². The van der Waals surface area contributed by atoms with Gasteiger partial charge in [-0.15, -0.1) is 0 Å². The second kappa shape index (κ2) is 2.16. The molecule has 1 saturated heterocycles. The van der Waals surface area contributed by atoms with Crippen molar-refractivity contribution in [3.05, 3.63) is 12.2 Å². The average Bonchev–Trinajstić information content (AvgIpc) is 3.02. The highest BCUT2D eigenvalue weighted by atomic mass is 16.2. The van der Waals surface area contributed by atoms with E-state index in [1.54, 1.807) is 0 Å². The van der Waals surface area contributed by atoms with E-state index in [0.717, 1.165) is 5.01 Å². The van der Waals surface area contributed by atoms with Crippen LogP contribution in [0, 0.1) is 35.5 Å². The zero-order valence-corrected chi connectivity index (χ0v) is 8.17. The van der Waals surface area contributed by atoms with E-state index in [0.29, 0.717) is 11.8 Å². The fraction of sp³-hybridized carbons (Fsp3) is 0.636. The van der Waals surface area contributed by atoms with Crippen LogP contribution >= 0.6 is 0 Å². The zero-order valence-electron chi connectivity index (χ0n) is 8.17. The summed E-state index contributed by atoms with van der Waals surface area (Å²) in [6.45, 7) is 0. The van der Waals surface area contributed by atoms with E-state index in [1.165, 1.54) is 6.42 Å². The van der Waals surface area contributed by atoms with Crippen molar-refractivity contribution in [2.45, 2.75) is 6.42 Å². The highest BCUT2D eigenvalue weighted by molar-refractivity contribution is 6.05. The minimum absolute atomic E-state index is 0.138. The minimum Gasteiger partial charge on any atom is -0.273 e. The van der Waals surface area contributed by atoms with Crippen LogP contribution in [0.1, 0.15) is 6.42 Å². The number of nitrogens with two attached hydrogens (primary N) is 1. The van der Waals surface area contributed by atoms with Crippen LogP contribution in [0.15, 0.2) is 12.2 Å². The van der Waals surface area contributed by atoms with Gasteiger partial charge in [0.2, 0.25) is 11.8 Å². The summed E-state index contributed by atoms with van der Waals surface area (Å²) in [7, 11) is 0. The maximum Gasteiger partial charge on any atom is 0.248 e. The smallest absolute Gasteiger partial charge is 0.248 e. The Labute approximate surface area is 87.1 Å². The highest BCUT2D eigenvalue weighted by Crippen LogP contribution is 2.65. The summed E-state index contributed by atoms with van der Waals surface area (Å²) < 4.78 is 0. The molecule has 0 spiro atoms. The number of amides is 2. The molecule has 5 rings (SSSR count). The van der Waals surface area contributed by atoms with Crippen molar-refractivity contribution in [2.75, 3.05) is 0 Å². The standard InChI is InChI=1S/C11H12N2O2/c12-13-10(14)8-4-1-2-5(7-3-6(4)7)9(8)11(13)15/h1-2,4-9H,3,12H2/t4-,5-,6+,7+,8+,9+/m1/s1. The number of hydrogen-bond donors (Lipinski definition) is 1. The van der Waals surface area contributed by atoms with Crippen molar-refractivity contribution >= 4 is 11.8 Å². The van der Waals surface area contributed by atoms with E-state index < -0.39 is 0 Å². The molecule has 1 aliphatic heterocycles. The van der Waals surface area contributed by atoms with E-state index in [2.05, 4.69) is 12.2 Å². The number of imide groups is 1. The average molecular weight is 204 g/mol. The Morgan fingerprint density at radius 1 is 1.07 bits per heavy atom. The number of nitrogens with zero attached hydrogens (tertiary/aromatic N) is 1. The third-order valence-corrected chi connectivity index (χ3v) is 4.70. The van der Waals surface area contributed by atoms with Gasteiger partial charge in [0.05, 0.1) is 11.8 Å². The lowest BCUT2D eigenvalue weighted by molar-refractivity contribution is -0.140. The Morgan fingerprint density at radius 2 is 1.53 bits per heavy atom. The Bertz CT molecular complexity index is 381. The lowest BCUT2D eigenvalue weighted by atomic mass is 9.63. The Kier molecular flexibility index (Phi) is 1.16. The molecule has 0 unspecified atom stereocenters. The molecule has 3 fully saturated rings. The zero-order chi connectivity index (χ0) is 10.3. The lowest BCUT2D eigenvalue weighted by Crippen LogP contribution is -2.40. The van der Waals surface area contributed by atoms with E-state index in [9.17, 15) is 9.59 Å². The molecule has 0 aromatic heterocycles. The Balaban J connectivity index is 1.86. The molecule has 2 amide bonds. The summed E-state index contributed by atoms with van der Waals surface area (Å²) in [6.07, 6.45) is 5.48. The number of hydrazine groups is 1. The van der Waals surface area contributed by atoms with Crippen molar-refractivity contribution in [3.8, 4) is 0 Å². The monoisotopic (exact) mass is 204 g/mol. The number of carbonyl (C=O) groups excluding carboxylic acids is 2. The molecule has 0 radical (unpaired) electrons. The van der Waals surface area contributed by atoms with Gasteiger partial charge in [-0.3, -0.25) is 9.59 Å². The highest BCUT2D eigenvalue weighted by Gasteiger charge is 2.66. The van der Waals surface area contributed by atoms with Gasteiger partial charge in [0.25, 0.3) is 0 Å². The molecule has 4 nitrogen and oxygen atoms in total. The number of rotatable bonds is 0. The molecule has 4 aliphatic carbocycles. The van der Waals surface area contributed by atoms with Crippen LogP contribution in [0.5, 0.6) is 0 Å². The third kappa shape index (κ3) is 0.718. The van der Waals surface area contributed by atoms with Crippen LogP contribution in [0.25, 0.3) is 0 Å². The second-order valence-corrected chi connectivity index (χ2v) is 5.20. The van der Waals surface area contributed by atoms with E-state index in [-0.39, 0.29) is 35.5 Å². The third-order valence-electron chi connectivity index (χ3n) is 4.70. The summed E-state index contributed by atoms with van der Waals surface area (Å²) in [5.74, 6) is 6.80. The minimum atomic E-state index is -0.158. The SMILES string of the molecule is NN1C(=O)[C@H]2[C@@H]3C=C[C@H]([C@@H]4C[C@@H]34)[C@@H]2C1=O. The van der Waals surface area contributed by atoms with Gasteiger partial charge < -0.3 is 0 Å². The molecular formula is C11H12N2O2. The largest absolute Gasteiger partial charge is 0.273 e. The molecule has 78 valence electrons. The first-order valence-electron chi connectivity index (χ1n) is 5.51. The van der Waals surface area contributed by atoms with Crippen LogP contribution in [-0.4, -0.2) is 16.8 Å². The van der Waals surface area contributed by atoms with Crippen LogP contribution in [0.4, 0.5) is 0 Å². The molecule has 15 heavy (non-hydrogen) atoms. The van der Waals surface area contributed by atoms with Gasteiger partial charge >= 0.3 is 0 Å². The maximum absolute atomic E-state index is 11.9. The van der Waals surface area contributed by atoms with Gasteiger partial charge in [-0.1, -0.05) is 12.2 Å². The van der Waals surface area contributed by atoms with Crippen molar-refractivity contribution < 1.29 is 9.59 Å². The topological polar surface area (TPSA) is 63.4 Å². The number of allylic oxidation sites excluding steroid dienone is 2. The second-order valence-electron chi connectivity index (χ2n) is 5.20. The summed E-state index contributed by atoms with van der Waals surface area (Å²) >= 11 is 0. The molecule has 6 atom stereocenters. The molecule has 0 aromatic carbocycles.